The average molecular weight is 412 g/mol. The number of halogens is 1. The molecule has 3 heterocycles. The number of hydrogen-bond donors (Lipinski definition) is 1. The molecule has 2 aromatic heterocycles. The lowest BCUT2D eigenvalue weighted by Crippen LogP contribution is -2.45. The van der Waals surface area contributed by atoms with Gasteiger partial charge < -0.3 is 10.2 Å². The summed E-state index contributed by atoms with van der Waals surface area (Å²) in [5.41, 5.74) is 1.14. The fourth-order valence-electron chi connectivity index (χ4n) is 3.42. The molecule has 0 atom stereocenters. The molecule has 1 fully saturated rings. The summed E-state index contributed by atoms with van der Waals surface area (Å²) in [6.45, 7) is 1.56. The summed E-state index contributed by atoms with van der Waals surface area (Å²) in [5, 5.41) is 3.79. The highest BCUT2D eigenvalue weighted by atomic mass is 32.2. The lowest BCUT2D eigenvalue weighted by atomic mass is 10.1. The topological polar surface area (TPSA) is 75.9 Å². The number of rotatable bonds is 5. The Labute approximate surface area is 172 Å². The Morgan fingerprint density at radius 3 is 2.48 bits per heavy atom. The van der Waals surface area contributed by atoms with Gasteiger partial charge in [-0.2, -0.15) is 0 Å². The summed E-state index contributed by atoms with van der Waals surface area (Å²) in [6, 6.07) is 7.91. The molecule has 3 aromatic rings. The van der Waals surface area contributed by atoms with Crippen LogP contribution in [-0.2, 0) is 0 Å². The predicted molar refractivity (Wildman–Crippen MR) is 110 cm³/mol. The normalized spacial score (nSPS) is 14.8. The molecule has 1 amide bonds. The Kier molecular flexibility index (Phi) is 5.75. The Morgan fingerprint density at radius 2 is 1.83 bits per heavy atom. The summed E-state index contributed by atoms with van der Waals surface area (Å²) in [6.07, 6.45) is 8.54. The number of piperidine rings is 1. The number of benzene rings is 1. The van der Waals surface area contributed by atoms with Gasteiger partial charge in [0.25, 0.3) is 5.91 Å². The number of anilines is 1. The highest BCUT2D eigenvalue weighted by Crippen LogP contribution is 2.23. The zero-order valence-corrected chi connectivity index (χ0v) is 16.8. The zero-order valence-electron chi connectivity index (χ0n) is 16.0. The second kappa shape index (κ2) is 8.60. The van der Waals surface area contributed by atoms with Gasteiger partial charge in [-0.15, -0.1) is 0 Å². The van der Waals surface area contributed by atoms with E-state index in [1.54, 1.807) is 41.4 Å². The van der Waals surface area contributed by atoms with Gasteiger partial charge in [0.2, 0.25) is 5.95 Å². The van der Waals surface area contributed by atoms with E-state index in [1.807, 2.05) is 6.26 Å². The molecule has 0 saturated carbocycles. The van der Waals surface area contributed by atoms with Gasteiger partial charge in [0, 0.05) is 37.2 Å². The fraction of sp³-hybridized carbons (Fsp3) is 0.300. The van der Waals surface area contributed by atoms with E-state index in [0.717, 1.165) is 31.9 Å². The van der Waals surface area contributed by atoms with Gasteiger partial charge >= 0.3 is 0 Å². The van der Waals surface area contributed by atoms with Crippen LogP contribution < -0.4 is 10.2 Å². The van der Waals surface area contributed by atoms with E-state index < -0.39 is 0 Å². The number of amides is 1. The summed E-state index contributed by atoms with van der Waals surface area (Å²) >= 11 is 1.43. The van der Waals surface area contributed by atoms with Gasteiger partial charge in [-0.1, -0.05) is 11.8 Å². The van der Waals surface area contributed by atoms with Gasteiger partial charge in [-0.25, -0.2) is 19.3 Å². The van der Waals surface area contributed by atoms with E-state index in [0.29, 0.717) is 16.5 Å². The second-order valence-electron chi connectivity index (χ2n) is 6.73. The van der Waals surface area contributed by atoms with Crippen LogP contribution in [0.2, 0.25) is 0 Å². The average Bonchev–Trinajstić information content (AvgIpc) is 3.20. The van der Waals surface area contributed by atoms with Crippen LogP contribution in [-0.4, -0.2) is 50.8 Å². The van der Waals surface area contributed by atoms with Crippen LogP contribution >= 0.6 is 11.8 Å². The number of nitrogens with zero attached hydrogens (tertiary/aromatic N) is 5. The van der Waals surface area contributed by atoms with Gasteiger partial charge in [-0.05, 0) is 49.4 Å². The monoisotopic (exact) mass is 412 g/mol. The van der Waals surface area contributed by atoms with Gasteiger partial charge in [0.05, 0.1) is 6.20 Å². The summed E-state index contributed by atoms with van der Waals surface area (Å²) in [7, 11) is 0. The maximum atomic E-state index is 13.3. The Balaban J connectivity index is 1.46. The van der Waals surface area contributed by atoms with Crippen molar-refractivity contribution in [3.05, 3.63) is 60.4 Å². The number of nitrogens with one attached hydrogen (secondary N) is 1. The highest BCUT2D eigenvalue weighted by molar-refractivity contribution is 7.98. The Bertz CT molecular complexity index is 970. The molecule has 1 aliphatic rings. The lowest BCUT2D eigenvalue weighted by Gasteiger charge is -2.32. The number of imidazole rings is 1. The third-order valence-electron chi connectivity index (χ3n) is 4.89. The predicted octanol–water partition coefficient (Wildman–Crippen LogP) is 2.92. The molecule has 0 aliphatic carbocycles. The minimum absolute atomic E-state index is 0.0664. The molecule has 0 spiro atoms. The molecule has 7 nitrogen and oxygen atoms in total. The van der Waals surface area contributed by atoms with E-state index in [4.69, 9.17) is 0 Å². The van der Waals surface area contributed by atoms with Crippen molar-refractivity contribution in [3.63, 3.8) is 0 Å². The van der Waals surface area contributed by atoms with E-state index in [1.165, 1.54) is 23.9 Å². The van der Waals surface area contributed by atoms with Crippen molar-refractivity contribution in [1.82, 2.24) is 24.8 Å². The largest absolute Gasteiger partial charge is 0.348 e. The zero-order chi connectivity index (χ0) is 20.2. The third kappa shape index (κ3) is 4.24. The van der Waals surface area contributed by atoms with Crippen molar-refractivity contribution in [2.45, 2.75) is 24.0 Å². The van der Waals surface area contributed by atoms with E-state index >= 15 is 0 Å². The number of aromatic nitrogens is 4. The van der Waals surface area contributed by atoms with Crippen molar-refractivity contribution in [3.8, 4) is 5.69 Å². The van der Waals surface area contributed by atoms with Crippen LogP contribution in [0.5, 0.6) is 0 Å². The summed E-state index contributed by atoms with van der Waals surface area (Å²) in [4.78, 5) is 28.0. The van der Waals surface area contributed by atoms with Crippen molar-refractivity contribution >= 4 is 23.6 Å². The minimum atomic E-state index is -0.320. The molecule has 1 aliphatic heterocycles. The van der Waals surface area contributed by atoms with Crippen molar-refractivity contribution in [2.24, 2.45) is 0 Å². The van der Waals surface area contributed by atoms with Crippen LogP contribution in [0.3, 0.4) is 0 Å². The van der Waals surface area contributed by atoms with Crippen molar-refractivity contribution in [1.29, 1.82) is 0 Å². The van der Waals surface area contributed by atoms with E-state index in [9.17, 15) is 9.18 Å². The van der Waals surface area contributed by atoms with E-state index in [-0.39, 0.29) is 17.8 Å². The Morgan fingerprint density at radius 1 is 1.14 bits per heavy atom. The highest BCUT2D eigenvalue weighted by Gasteiger charge is 2.25. The van der Waals surface area contributed by atoms with Crippen LogP contribution in [0.25, 0.3) is 5.69 Å². The Hall–Kier alpha value is -2.94. The van der Waals surface area contributed by atoms with Crippen molar-refractivity contribution < 1.29 is 9.18 Å². The van der Waals surface area contributed by atoms with Gasteiger partial charge in [0.1, 0.15) is 11.5 Å². The first-order valence-electron chi connectivity index (χ1n) is 9.36. The number of carbonyl (C=O) groups excluding carboxylic acids is 1. The van der Waals surface area contributed by atoms with Gasteiger partial charge in [-0.3, -0.25) is 9.36 Å². The van der Waals surface area contributed by atoms with Crippen molar-refractivity contribution in [2.75, 3.05) is 24.2 Å². The quantitative estimate of drug-likeness (QED) is 0.650. The number of carbonyl (C=O) groups is 1. The maximum absolute atomic E-state index is 13.3. The standard InChI is InChI=1S/C20H21FN6OS/c1-29-20-24-13-17(27(20)16-5-3-14(21)4-6-16)18(28)25-15-7-11-26(12-8-15)19-22-9-2-10-23-19/h2-6,9-10,13,15H,7-8,11-12H2,1H3,(H,25,28). The molecule has 1 aromatic carbocycles. The molecular weight excluding hydrogens is 391 g/mol. The molecule has 0 unspecified atom stereocenters. The molecule has 1 saturated heterocycles. The SMILES string of the molecule is CSc1ncc(C(=O)NC2CCN(c3ncccn3)CC2)n1-c1ccc(F)cc1. The molecule has 4 rings (SSSR count). The minimum Gasteiger partial charge on any atom is -0.348 e. The van der Waals surface area contributed by atoms with Crippen LogP contribution in [0.4, 0.5) is 10.3 Å². The first-order chi connectivity index (χ1) is 14.2. The smallest absolute Gasteiger partial charge is 0.270 e. The fourth-order valence-corrected chi connectivity index (χ4v) is 3.96. The second-order valence-corrected chi connectivity index (χ2v) is 7.50. The molecular formula is C20H21FN6OS. The molecule has 0 radical (unpaired) electrons. The summed E-state index contributed by atoms with van der Waals surface area (Å²) < 4.78 is 15.1. The molecule has 29 heavy (non-hydrogen) atoms. The van der Waals surface area contributed by atoms with Crippen LogP contribution in [0.15, 0.2) is 54.1 Å². The molecule has 9 heteroatoms. The molecule has 1 N–H and O–H groups in total. The molecule has 150 valence electrons. The molecule has 0 bridgehead atoms. The first-order valence-corrected chi connectivity index (χ1v) is 10.6. The van der Waals surface area contributed by atoms with E-state index in [2.05, 4.69) is 25.2 Å². The third-order valence-corrected chi connectivity index (χ3v) is 5.55. The summed E-state index contributed by atoms with van der Waals surface area (Å²) in [5.74, 6) is 0.215. The van der Waals surface area contributed by atoms with Gasteiger partial charge in [0.15, 0.2) is 5.16 Å². The van der Waals surface area contributed by atoms with Crippen LogP contribution in [0.1, 0.15) is 23.3 Å². The lowest BCUT2D eigenvalue weighted by molar-refractivity contribution is 0.0923. The number of thioether (sulfide) groups is 1. The first kappa shape index (κ1) is 19.4. The maximum Gasteiger partial charge on any atom is 0.270 e. The number of hydrogen-bond acceptors (Lipinski definition) is 6. The van der Waals surface area contributed by atoms with Crippen LogP contribution in [0, 0.1) is 5.82 Å².